The average Bonchev–Trinajstić information content (AvgIpc) is 3.13. The Morgan fingerprint density at radius 1 is 1.03 bits per heavy atom. The van der Waals surface area contributed by atoms with Crippen molar-refractivity contribution in [2.45, 2.75) is 133 Å². The molecule has 210 valence electrons. The molecule has 37 heavy (non-hydrogen) atoms. The van der Waals surface area contributed by atoms with Gasteiger partial charge in [-0.25, -0.2) is 0 Å². The molecule has 0 aromatic rings. The molecule has 3 aliphatic carbocycles. The number of hydrogen-bond donors (Lipinski definition) is 0. The van der Waals surface area contributed by atoms with Crippen molar-refractivity contribution in [3.05, 3.63) is 11.3 Å². The Morgan fingerprint density at radius 3 is 2.08 bits per heavy atom. The fourth-order valence-corrected chi connectivity index (χ4v) is 7.93. The van der Waals surface area contributed by atoms with Gasteiger partial charge in [-0.15, -0.1) is 0 Å². The largest absolute Gasteiger partial charge is 0.492 e. The maximum atomic E-state index is 12.6. The minimum atomic E-state index is -0.463. The van der Waals surface area contributed by atoms with Crippen LogP contribution in [-0.4, -0.2) is 34.6 Å². The van der Waals surface area contributed by atoms with Crippen LogP contribution in [0.2, 0.25) is 0 Å². The number of ether oxygens (including phenoxy) is 3. The fraction of sp³-hybridized carbons (Fsp3) is 0.839. The molecule has 0 amide bonds. The lowest BCUT2D eigenvalue weighted by molar-refractivity contribution is -0.180. The molecule has 0 aliphatic heterocycles. The molecular formula is C31H50O5S. The quantitative estimate of drug-likeness (QED) is 0.267. The van der Waals surface area contributed by atoms with Crippen LogP contribution in [0.3, 0.4) is 0 Å². The number of esters is 2. The van der Waals surface area contributed by atoms with Gasteiger partial charge in [0.05, 0.1) is 5.76 Å². The second kappa shape index (κ2) is 9.64. The summed E-state index contributed by atoms with van der Waals surface area (Å²) in [6.45, 7) is 24.9. The minimum Gasteiger partial charge on any atom is -0.492 e. The summed E-state index contributed by atoms with van der Waals surface area (Å²) in [5.74, 6) is 0.545. The third kappa shape index (κ3) is 4.67. The van der Waals surface area contributed by atoms with Gasteiger partial charge in [0.2, 0.25) is 0 Å². The first-order valence-electron chi connectivity index (χ1n) is 14.1. The van der Waals surface area contributed by atoms with E-state index in [1.807, 2.05) is 0 Å². The fourth-order valence-electron chi connectivity index (χ4n) is 7.29. The summed E-state index contributed by atoms with van der Waals surface area (Å²) >= 11 is 6.28. The second-order valence-corrected chi connectivity index (χ2v) is 14.6. The van der Waals surface area contributed by atoms with Crippen LogP contribution in [0.1, 0.15) is 115 Å². The Morgan fingerprint density at radius 2 is 1.59 bits per heavy atom. The highest BCUT2D eigenvalue weighted by Gasteiger charge is 2.67. The zero-order valence-electron chi connectivity index (χ0n) is 25.3. The molecule has 0 heterocycles. The highest BCUT2D eigenvalue weighted by atomic mass is 32.1. The summed E-state index contributed by atoms with van der Waals surface area (Å²) in [6, 6.07) is 0. The van der Waals surface area contributed by atoms with E-state index in [2.05, 4.69) is 69.2 Å². The lowest BCUT2D eigenvalue weighted by Crippen LogP contribution is -2.62. The number of rotatable bonds is 5. The van der Waals surface area contributed by atoms with E-state index in [1.165, 1.54) is 19.4 Å². The standard InChI is InChI=1S/C31H50O5S/c1-13-29(11)17-23(34-20(4)32)30(12)18(2)16-24(37)31(19(3)26(29)35-21(5)33)15-14-22(25(30)31)36-28(9,10)27(6,7)8/h18-19,23,26H,13-17H2,1-12H3/t18-,19+,23-,26+,29-,30+,31+/m1/s1. The first kappa shape index (κ1) is 30.1. The summed E-state index contributed by atoms with van der Waals surface area (Å²) in [6.07, 6.45) is 3.00. The summed E-state index contributed by atoms with van der Waals surface area (Å²) in [7, 11) is 0. The van der Waals surface area contributed by atoms with Gasteiger partial charge < -0.3 is 14.2 Å². The van der Waals surface area contributed by atoms with Crippen molar-refractivity contribution >= 4 is 29.0 Å². The molecule has 7 atom stereocenters. The number of hydrogen-bond acceptors (Lipinski definition) is 6. The first-order chi connectivity index (χ1) is 16.8. The Hall–Kier alpha value is -1.43. The molecule has 3 rings (SSSR count). The molecule has 0 aromatic carbocycles. The summed E-state index contributed by atoms with van der Waals surface area (Å²) in [5, 5.41) is 0. The number of thiocarbonyl (C=S) groups is 1. The van der Waals surface area contributed by atoms with Crippen molar-refractivity contribution in [3.8, 4) is 0 Å². The molecule has 2 saturated carbocycles. The number of carbonyl (C=O) groups excluding carboxylic acids is 2. The predicted molar refractivity (Wildman–Crippen MR) is 151 cm³/mol. The zero-order chi connectivity index (χ0) is 28.4. The van der Waals surface area contributed by atoms with Gasteiger partial charge in [0.1, 0.15) is 17.8 Å². The molecule has 2 bridgehead atoms. The van der Waals surface area contributed by atoms with Crippen LogP contribution in [-0.2, 0) is 23.8 Å². The molecule has 2 fully saturated rings. The van der Waals surface area contributed by atoms with Crippen molar-refractivity contribution in [1.29, 1.82) is 0 Å². The van der Waals surface area contributed by atoms with Crippen LogP contribution in [0, 0.1) is 33.5 Å². The van der Waals surface area contributed by atoms with Gasteiger partial charge in [0.15, 0.2) is 0 Å². The monoisotopic (exact) mass is 534 g/mol. The van der Waals surface area contributed by atoms with Crippen LogP contribution in [0.5, 0.6) is 0 Å². The first-order valence-corrected chi connectivity index (χ1v) is 14.5. The molecule has 5 nitrogen and oxygen atoms in total. The predicted octanol–water partition coefficient (Wildman–Crippen LogP) is 7.60. The highest BCUT2D eigenvalue weighted by Crippen LogP contribution is 2.68. The SMILES string of the molecule is CC[C@]1(C)C[C@@H](OC(C)=O)[C@@]2(C)C3=C(OC(C)(C)C(C)(C)C)CC[C@@]3(C(=S)C[C@H]2C)[C@@H](C)[C@@H]1OC(C)=O. The number of carbonyl (C=O) groups is 2. The van der Waals surface area contributed by atoms with E-state index in [1.54, 1.807) is 0 Å². The maximum Gasteiger partial charge on any atom is 0.302 e. The molecule has 0 radical (unpaired) electrons. The second-order valence-electron chi connectivity index (χ2n) is 14.1. The van der Waals surface area contributed by atoms with Crippen molar-refractivity contribution in [1.82, 2.24) is 0 Å². The van der Waals surface area contributed by atoms with E-state index >= 15 is 0 Å². The van der Waals surface area contributed by atoms with E-state index in [0.29, 0.717) is 6.42 Å². The lowest BCUT2D eigenvalue weighted by Gasteiger charge is -2.61. The Kier molecular flexibility index (Phi) is 7.85. The Balaban J connectivity index is 2.40. The zero-order valence-corrected chi connectivity index (χ0v) is 26.1. The van der Waals surface area contributed by atoms with Gasteiger partial charge in [-0.3, -0.25) is 9.59 Å². The third-order valence-electron chi connectivity index (χ3n) is 10.9. The van der Waals surface area contributed by atoms with Crippen LogP contribution in [0.4, 0.5) is 0 Å². The average molecular weight is 535 g/mol. The Bertz CT molecular complexity index is 990. The van der Waals surface area contributed by atoms with Crippen molar-refractivity contribution in [2.24, 2.45) is 33.5 Å². The summed E-state index contributed by atoms with van der Waals surface area (Å²) in [4.78, 5) is 26.0. The van der Waals surface area contributed by atoms with E-state index in [0.717, 1.165) is 36.3 Å². The summed E-state index contributed by atoms with van der Waals surface area (Å²) < 4.78 is 19.4. The van der Waals surface area contributed by atoms with Gasteiger partial charge in [-0.1, -0.05) is 67.6 Å². The molecule has 0 N–H and O–H groups in total. The molecule has 3 aliphatic rings. The normalized spacial score (nSPS) is 38.4. The summed E-state index contributed by atoms with van der Waals surface area (Å²) in [5.41, 5.74) is -0.634. The molecule has 0 spiro atoms. The smallest absolute Gasteiger partial charge is 0.302 e. The van der Waals surface area contributed by atoms with Crippen LogP contribution < -0.4 is 0 Å². The van der Waals surface area contributed by atoms with Gasteiger partial charge in [-0.2, -0.15) is 0 Å². The van der Waals surface area contributed by atoms with E-state index in [-0.39, 0.29) is 46.8 Å². The van der Waals surface area contributed by atoms with Crippen LogP contribution in [0.15, 0.2) is 11.3 Å². The molecular weight excluding hydrogens is 484 g/mol. The van der Waals surface area contributed by atoms with Gasteiger partial charge >= 0.3 is 11.9 Å². The van der Waals surface area contributed by atoms with Crippen LogP contribution in [0.25, 0.3) is 0 Å². The topological polar surface area (TPSA) is 61.8 Å². The Labute approximate surface area is 230 Å². The molecule has 6 heteroatoms. The van der Waals surface area contributed by atoms with E-state index < -0.39 is 16.4 Å². The minimum absolute atomic E-state index is 0.0344. The third-order valence-corrected chi connectivity index (χ3v) is 11.4. The molecule has 0 saturated heterocycles. The highest BCUT2D eigenvalue weighted by molar-refractivity contribution is 7.80. The van der Waals surface area contributed by atoms with E-state index in [4.69, 9.17) is 26.4 Å². The van der Waals surface area contributed by atoms with Crippen molar-refractivity contribution < 1.29 is 23.8 Å². The van der Waals surface area contributed by atoms with Crippen LogP contribution >= 0.6 is 12.2 Å². The van der Waals surface area contributed by atoms with Crippen molar-refractivity contribution in [3.63, 3.8) is 0 Å². The van der Waals surface area contributed by atoms with Gasteiger partial charge in [-0.05, 0) is 51.0 Å². The van der Waals surface area contributed by atoms with Gasteiger partial charge in [0.25, 0.3) is 0 Å². The van der Waals surface area contributed by atoms with Crippen molar-refractivity contribution in [2.75, 3.05) is 0 Å². The van der Waals surface area contributed by atoms with E-state index in [9.17, 15) is 9.59 Å². The molecule has 0 aromatic heterocycles. The number of allylic oxidation sites excluding steroid dienone is 1. The molecule has 0 unspecified atom stereocenters. The lowest BCUT2D eigenvalue weighted by atomic mass is 9.45. The maximum absolute atomic E-state index is 12.6. The van der Waals surface area contributed by atoms with Gasteiger partial charge in [0, 0.05) is 52.7 Å².